The lowest BCUT2D eigenvalue weighted by Gasteiger charge is -2.35. The minimum atomic E-state index is 0.0206. The maximum Gasteiger partial charge on any atom is 0.236 e. The highest BCUT2D eigenvalue weighted by Crippen LogP contribution is 2.29. The lowest BCUT2D eigenvalue weighted by atomic mass is 9.94. The molecule has 18 heavy (non-hydrogen) atoms. The number of hydrogen-bond acceptors (Lipinski definition) is 3. The van der Waals surface area contributed by atoms with Crippen molar-refractivity contribution in [1.29, 1.82) is 0 Å². The molecular weight excluding hydrogens is 246 g/mol. The Labute approximate surface area is 113 Å². The summed E-state index contributed by atoms with van der Waals surface area (Å²) in [4.78, 5) is 21.6. The van der Waals surface area contributed by atoms with E-state index in [0.717, 1.165) is 31.1 Å². The zero-order chi connectivity index (χ0) is 13.2. The van der Waals surface area contributed by atoms with E-state index in [1.165, 1.54) is 0 Å². The summed E-state index contributed by atoms with van der Waals surface area (Å²) in [6, 6.07) is 0. The Bertz CT molecular complexity index is 397. The van der Waals surface area contributed by atoms with Gasteiger partial charge >= 0.3 is 0 Å². The highest BCUT2D eigenvalue weighted by Gasteiger charge is 2.32. The van der Waals surface area contributed by atoms with E-state index in [2.05, 4.69) is 30.7 Å². The molecule has 0 spiro atoms. The Morgan fingerprint density at radius 3 is 2.94 bits per heavy atom. The Hall–Kier alpha value is -0.970. The smallest absolute Gasteiger partial charge is 0.236 e. The number of thioether (sulfide) groups is 1. The lowest BCUT2D eigenvalue weighted by Crippen LogP contribution is -2.46. The van der Waals surface area contributed by atoms with Crippen LogP contribution in [0, 0.1) is 5.41 Å². The number of piperidine rings is 1. The van der Waals surface area contributed by atoms with Gasteiger partial charge in [0.1, 0.15) is 0 Å². The molecule has 2 rings (SSSR count). The number of nitrogens with one attached hydrogen (secondary N) is 1. The number of nitrogens with zero attached hydrogens (tertiary/aromatic N) is 2. The molecule has 1 aromatic heterocycles. The van der Waals surface area contributed by atoms with E-state index < -0.39 is 0 Å². The third-order valence-electron chi connectivity index (χ3n) is 2.87. The Balaban J connectivity index is 1.98. The quantitative estimate of drug-likeness (QED) is 0.915. The Morgan fingerprint density at radius 2 is 2.33 bits per heavy atom. The number of rotatable bonds is 3. The number of carbonyl (C=O) groups excluding carboxylic acids is 1. The number of likely N-dealkylation sites (tertiary alicyclic amines) is 1. The van der Waals surface area contributed by atoms with Crippen LogP contribution in [0.25, 0.3) is 0 Å². The van der Waals surface area contributed by atoms with Crippen molar-refractivity contribution in [3.05, 3.63) is 12.4 Å². The van der Waals surface area contributed by atoms with Crippen molar-refractivity contribution >= 4 is 17.7 Å². The molecule has 2 heterocycles. The average molecular weight is 267 g/mol. The predicted molar refractivity (Wildman–Crippen MR) is 73.5 cm³/mol. The number of carbonyl (C=O) groups is 1. The van der Waals surface area contributed by atoms with Gasteiger partial charge in [-0.3, -0.25) is 4.79 Å². The maximum absolute atomic E-state index is 12.4. The molecule has 1 fully saturated rings. The first-order valence-corrected chi connectivity index (χ1v) is 7.28. The molecule has 5 heteroatoms. The number of H-pyrrole nitrogens is 1. The molecule has 0 bridgehead atoms. The number of aromatic nitrogens is 2. The van der Waals surface area contributed by atoms with Crippen molar-refractivity contribution < 1.29 is 4.79 Å². The van der Waals surface area contributed by atoms with Crippen LogP contribution in [-0.2, 0) is 4.79 Å². The topological polar surface area (TPSA) is 49.0 Å². The first-order valence-electron chi connectivity index (χ1n) is 6.40. The van der Waals surface area contributed by atoms with Crippen LogP contribution in [0.1, 0.15) is 33.6 Å². The van der Waals surface area contributed by atoms with Gasteiger partial charge in [0.15, 0.2) is 5.16 Å². The van der Waals surface area contributed by atoms with Gasteiger partial charge in [0, 0.05) is 25.5 Å². The molecule has 100 valence electrons. The molecule has 1 saturated heterocycles. The van der Waals surface area contributed by atoms with Gasteiger partial charge in [-0.1, -0.05) is 32.5 Å². The minimum absolute atomic E-state index is 0.0206. The van der Waals surface area contributed by atoms with Gasteiger partial charge in [0.05, 0.1) is 5.25 Å². The molecule has 0 aromatic carbocycles. The second kappa shape index (κ2) is 5.34. The third-order valence-corrected chi connectivity index (χ3v) is 4.04. The number of amides is 1. The van der Waals surface area contributed by atoms with E-state index in [-0.39, 0.29) is 16.6 Å². The summed E-state index contributed by atoms with van der Waals surface area (Å²) in [5.41, 5.74) is 0.160. The van der Waals surface area contributed by atoms with Gasteiger partial charge in [-0.05, 0) is 18.3 Å². The highest BCUT2D eigenvalue weighted by molar-refractivity contribution is 8.00. The van der Waals surface area contributed by atoms with Crippen molar-refractivity contribution in [2.75, 3.05) is 13.1 Å². The zero-order valence-corrected chi connectivity index (χ0v) is 12.1. The number of hydrogen-bond donors (Lipinski definition) is 1. The first kappa shape index (κ1) is 13.5. The molecule has 1 N–H and O–H groups in total. The number of aromatic amines is 1. The van der Waals surface area contributed by atoms with Crippen molar-refractivity contribution in [3.63, 3.8) is 0 Å². The SMILES string of the molecule is CC(C)(C)CN1CCC[C@@H](Sc2ncc[nH]2)C1=O. The molecule has 1 amide bonds. The molecule has 1 atom stereocenters. The highest BCUT2D eigenvalue weighted by atomic mass is 32.2. The molecule has 1 aliphatic heterocycles. The van der Waals surface area contributed by atoms with E-state index in [9.17, 15) is 4.79 Å². The van der Waals surface area contributed by atoms with Gasteiger partial charge in [-0.2, -0.15) is 0 Å². The van der Waals surface area contributed by atoms with Crippen LogP contribution in [0.2, 0.25) is 0 Å². The fraction of sp³-hybridized carbons (Fsp3) is 0.692. The van der Waals surface area contributed by atoms with Gasteiger partial charge in [-0.15, -0.1) is 0 Å². The molecule has 0 unspecified atom stereocenters. The van der Waals surface area contributed by atoms with E-state index in [1.807, 2.05) is 4.90 Å². The fourth-order valence-electron chi connectivity index (χ4n) is 2.19. The second-order valence-corrected chi connectivity index (χ2v) is 7.15. The van der Waals surface area contributed by atoms with Crippen LogP contribution in [-0.4, -0.2) is 39.1 Å². The van der Waals surface area contributed by atoms with Crippen LogP contribution >= 0.6 is 11.8 Å². The van der Waals surface area contributed by atoms with Gasteiger partial charge < -0.3 is 9.88 Å². The summed E-state index contributed by atoms with van der Waals surface area (Å²) in [5, 5.41) is 0.859. The Morgan fingerprint density at radius 1 is 1.56 bits per heavy atom. The van der Waals surface area contributed by atoms with Gasteiger partial charge in [-0.25, -0.2) is 4.98 Å². The minimum Gasteiger partial charge on any atom is -0.341 e. The molecule has 0 radical (unpaired) electrons. The van der Waals surface area contributed by atoms with Crippen LogP contribution in [0.15, 0.2) is 17.6 Å². The number of imidazole rings is 1. The van der Waals surface area contributed by atoms with Crippen LogP contribution in [0.3, 0.4) is 0 Å². The largest absolute Gasteiger partial charge is 0.341 e. The third kappa shape index (κ3) is 3.51. The van der Waals surface area contributed by atoms with E-state index >= 15 is 0 Å². The molecule has 0 aliphatic carbocycles. The summed E-state index contributed by atoms with van der Waals surface area (Å²) in [6.07, 6.45) is 5.55. The van der Waals surface area contributed by atoms with E-state index in [4.69, 9.17) is 0 Å². The van der Waals surface area contributed by atoms with Crippen molar-refractivity contribution in [2.24, 2.45) is 5.41 Å². The van der Waals surface area contributed by atoms with Gasteiger partial charge in [0.2, 0.25) is 5.91 Å². The van der Waals surface area contributed by atoms with E-state index in [1.54, 1.807) is 24.2 Å². The lowest BCUT2D eigenvalue weighted by molar-refractivity contribution is -0.133. The van der Waals surface area contributed by atoms with Crippen LogP contribution < -0.4 is 0 Å². The zero-order valence-electron chi connectivity index (χ0n) is 11.3. The summed E-state index contributed by atoms with van der Waals surface area (Å²) in [5.74, 6) is 0.262. The first-order chi connectivity index (χ1) is 8.46. The standard InChI is InChI=1S/C13H21N3OS/c1-13(2,3)9-16-8-4-5-10(11(16)17)18-12-14-6-7-15-12/h6-7,10H,4-5,8-9H2,1-3H3,(H,14,15)/t10-/m1/s1. The summed E-state index contributed by atoms with van der Waals surface area (Å²) in [6.45, 7) is 8.24. The van der Waals surface area contributed by atoms with Crippen molar-refractivity contribution in [2.45, 2.75) is 44.0 Å². The normalized spacial score (nSPS) is 21.4. The predicted octanol–water partition coefficient (Wildman–Crippen LogP) is 2.54. The van der Waals surface area contributed by atoms with Crippen molar-refractivity contribution in [3.8, 4) is 0 Å². The second-order valence-electron chi connectivity index (χ2n) is 5.96. The summed E-state index contributed by atoms with van der Waals surface area (Å²) < 4.78 is 0. The molecule has 1 aromatic rings. The molecule has 0 saturated carbocycles. The summed E-state index contributed by atoms with van der Waals surface area (Å²) in [7, 11) is 0. The fourth-order valence-corrected chi connectivity index (χ4v) is 3.26. The van der Waals surface area contributed by atoms with Crippen LogP contribution in [0.4, 0.5) is 0 Å². The Kier molecular flexibility index (Phi) is 4.00. The maximum atomic E-state index is 12.4. The average Bonchev–Trinajstić information content (AvgIpc) is 2.75. The molecule has 4 nitrogen and oxygen atoms in total. The van der Waals surface area contributed by atoms with E-state index in [0.29, 0.717) is 0 Å². The van der Waals surface area contributed by atoms with Gasteiger partial charge in [0.25, 0.3) is 0 Å². The molecular formula is C13H21N3OS. The van der Waals surface area contributed by atoms with Crippen LogP contribution in [0.5, 0.6) is 0 Å². The van der Waals surface area contributed by atoms with Crippen molar-refractivity contribution in [1.82, 2.24) is 14.9 Å². The summed E-state index contributed by atoms with van der Waals surface area (Å²) >= 11 is 1.55. The molecule has 1 aliphatic rings. The monoisotopic (exact) mass is 267 g/mol.